The Bertz CT molecular complexity index is 1790. The summed E-state index contributed by atoms with van der Waals surface area (Å²) in [5.41, 5.74) is 6.55. The minimum atomic E-state index is -0.546. The van der Waals surface area contributed by atoms with E-state index in [0.717, 1.165) is 104 Å². The molecule has 3 aromatic carbocycles. The number of hydrogen-bond donors (Lipinski definition) is 4. The second-order valence-corrected chi connectivity index (χ2v) is 15.5. The van der Waals surface area contributed by atoms with Gasteiger partial charge in [-0.1, -0.05) is 63.5 Å². The second kappa shape index (κ2) is 17.2. The Hall–Kier alpha value is -4.60. The number of carbonyl (C=O) groups excluding carboxylic acids is 1. The smallest absolute Gasteiger partial charge is 0.407 e. The predicted octanol–water partition coefficient (Wildman–Crippen LogP) is 10.5. The summed E-state index contributed by atoms with van der Waals surface area (Å²) < 4.78 is 35.1. The van der Waals surface area contributed by atoms with Crippen molar-refractivity contribution < 1.29 is 18.3 Å². The van der Waals surface area contributed by atoms with Crippen LogP contribution in [0, 0.1) is 36.8 Å². The van der Waals surface area contributed by atoms with E-state index in [-0.39, 0.29) is 35.6 Å². The van der Waals surface area contributed by atoms with E-state index in [1.54, 1.807) is 0 Å². The molecule has 4 N–H and O–H groups in total. The van der Waals surface area contributed by atoms with Crippen molar-refractivity contribution in [3.63, 3.8) is 0 Å². The summed E-state index contributed by atoms with van der Waals surface area (Å²) in [7, 11) is 3.26. The van der Waals surface area contributed by atoms with Gasteiger partial charge < -0.3 is 30.5 Å². The fourth-order valence-corrected chi connectivity index (χ4v) is 9.13. The van der Waals surface area contributed by atoms with Gasteiger partial charge in [0.05, 0.1) is 31.3 Å². The predicted molar refractivity (Wildman–Crippen MR) is 215 cm³/mol. The lowest BCUT2D eigenvalue weighted by molar-refractivity contribution is 0.164. The maximum absolute atomic E-state index is 15.0. The van der Waals surface area contributed by atoms with Gasteiger partial charge in [-0.25, -0.2) is 13.6 Å². The van der Waals surface area contributed by atoms with Gasteiger partial charge in [-0.05, 0) is 112 Å². The molecule has 0 spiro atoms. The Morgan fingerprint density at radius 3 is 2.20 bits per heavy atom. The Balaban J connectivity index is 1.25. The van der Waals surface area contributed by atoms with E-state index in [0.29, 0.717) is 11.5 Å². The molecule has 0 aromatic heterocycles. The number of nitrogens with zero attached hydrogens (tertiary/aromatic N) is 2. The Kier molecular flexibility index (Phi) is 12.5. The zero-order chi connectivity index (χ0) is 38.5. The van der Waals surface area contributed by atoms with Gasteiger partial charge in [-0.2, -0.15) is 0 Å². The van der Waals surface area contributed by atoms with Crippen LogP contribution in [0.1, 0.15) is 112 Å². The number of carbonyl (C=O) groups is 1. The third-order valence-electron chi connectivity index (χ3n) is 12.2. The van der Waals surface area contributed by atoms with Crippen LogP contribution in [0.15, 0.2) is 66.9 Å². The monoisotopic (exact) mass is 740 g/mol. The van der Waals surface area contributed by atoms with Crippen LogP contribution < -0.4 is 20.9 Å². The van der Waals surface area contributed by atoms with Crippen molar-refractivity contribution in [1.29, 1.82) is 5.41 Å². The minimum Gasteiger partial charge on any atom is -0.453 e. The molecule has 0 radical (unpaired) electrons. The largest absolute Gasteiger partial charge is 0.453 e. The van der Waals surface area contributed by atoms with Gasteiger partial charge in [-0.3, -0.25) is 5.41 Å². The molecule has 8 nitrogen and oxygen atoms in total. The van der Waals surface area contributed by atoms with E-state index < -0.39 is 23.8 Å². The lowest BCUT2D eigenvalue weighted by Gasteiger charge is -2.39. The number of hydrogen-bond acceptors (Lipinski definition) is 6. The van der Waals surface area contributed by atoms with E-state index in [4.69, 9.17) is 4.74 Å². The van der Waals surface area contributed by atoms with Crippen LogP contribution in [0.5, 0.6) is 0 Å². The maximum Gasteiger partial charge on any atom is 0.407 e. The first-order valence-electron chi connectivity index (χ1n) is 19.8. The highest BCUT2D eigenvalue weighted by molar-refractivity contribution is 5.89. The number of benzene rings is 3. The van der Waals surface area contributed by atoms with Crippen molar-refractivity contribution in [2.45, 2.75) is 122 Å². The molecule has 3 fully saturated rings. The minimum absolute atomic E-state index is 0.0253. The molecule has 3 aliphatic rings. The molecule has 10 heteroatoms. The summed E-state index contributed by atoms with van der Waals surface area (Å²) in [6, 6.07) is 17.1. The molecule has 1 saturated carbocycles. The summed E-state index contributed by atoms with van der Waals surface area (Å²) in [6.07, 6.45) is 10.3. The zero-order valence-corrected chi connectivity index (χ0v) is 32.6. The van der Waals surface area contributed by atoms with Crippen molar-refractivity contribution in [3.05, 3.63) is 101 Å². The zero-order valence-electron chi connectivity index (χ0n) is 32.6. The van der Waals surface area contributed by atoms with Gasteiger partial charge in [0, 0.05) is 41.4 Å². The van der Waals surface area contributed by atoms with Gasteiger partial charge in [0.2, 0.25) is 0 Å². The molecule has 2 heterocycles. The van der Waals surface area contributed by atoms with E-state index in [2.05, 4.69) is 76.5 Å². The van der Waals surface area contributed by atoms with Crippen molar-refractivity contribution in [1.82, 2.24) is 10.2 Å². The summed E-state index contributed by atoms with van der Waals surface area (Å²) in [5.74, 6) is -0.436. The maximum atomic E-state index is 15.0. The van der Waals surface area contributed by atoms with Gasteiger partial charge in [-0.15, -0.1) is 0 Å². The van der Waals surface area contributed by atoms with Gasteiger partial charge in [0.1, 0.15) is 17.5 Å². The molecule has 0 bridgehead atoms. The number of amides is 1. The van der Waals surface area contributed by atoms with E-state index in [1.165, 1.54) is 26.2 Å². The number of halogens is 2. The summed E-state index contributed by atoms with van der Waals surface area (Å²) in [6.45, 7) is 10.3. The molecule has 2 aliphatic heterocycles. The number of ether oxygens (including phenoxy) is 1. The fourth-order valence-electron chi connectivity index (χ4n) is 9.13. The van der Waals surface area contributed by atoms with Gasteiger partial charge >= 0.3 is 6.09 Å². The standard InChI is InChI=1S/C44H58F2N6O2/c1-7-8-13-34-19-21-39(52(34)43(47)42(50-44(53)54-6)31-11-9-10-12-31)29(4)49-38-20-16-32(24-27(38)2)41-23-22-40(30-14-17-33(48-5)18-15-30)51(41)35-25-36(45)28(3)37(46)26-35/h14-18,20,24-26,31,34,39-42,47-49H,4,7-13,19,21-23H2,1-3,5-6H3,(H,50,53)/t34-,39-,40+,41?,42?/m0/s1. The summed E-state index contributed by atoms with van der Waals surface area (Å²) >= 11 is 0. The number of methoxy groups -OCH3 is 1. The van der Waals surface area contributed by atoms with Crippen LogP contribution in [0.2, 0.25) is 0 Å². The average Bonchev–Trinajstić information content (AvgIpc) is 3.96. The lowest BCUT2D eigenvalue weighted by atomic mass is 9.95. The number of rotatable bonds is 13. The third-order valence-corrected chi connectivity index (χ3v) is 12.2. The molecule has 1 amide bonds. The average molecular weight is 741 g/mol. The van der Waals surface area contributed by atoms with Crippen LogP contribution in [-0.4, -0.2) is 49.1 Å². The van der Waals surface area contributed by atoms with Crippen LogP contribution >= 0.6 is 0 Å². The SMILES string of the molecule is C=C(Nc1ccc(C2CC[C@H](c3ccc(NC)cc3)N2c2cc(F)c(C)c(F)c2)cc1C)[C@@H]1CC[C@H](CCCC)N1C(=N)C(NC(=O)OC)C1CCCC1. The number of unbranched alkanes of at least 4 members (excludes halogenated alkanes) is 1. The van der Waals surface area contributed by atoms with E-state index in [1.807, 2.05) is 19.2 Å². The molecule has 2 saturated heterocycles. The summed E-state index contributed by atoms with van der Waals surface area (Å²) in [5, 5.41) is 19.4. The third kappa shape index (κ3) is 8.22. The Morgan fingerprint density at radius 2 is 1.59 bits per heavy atom. The normalized spacial score (nSPS) is 22.0. The van der Waals surface area contributed by atoms with Crippen LogP contribution in [0.25, 0.3) is 0 Å². The first-order valence-corrected chi connectivity index (χ1v) is 19.8. The van der Waals surface area contributed by atoms with E-state index >= 15 is 8.78 Å². The molecular formula is C44H58F2N6O2. The number of amidine groups is 1. The Morgan fingerprint density at radius 1 is 0.944 bits per heavy atom. The van der Waals surface area contributed by atoms with Crippen LogP contribution in [-0.2, 0) is 4.74 Å². The van der Waals surface area contributed by atoms with Gasteiger partial charge in [0.15, 0.2) is 0 Å². The second-order valence-electron chi connectivity index (χ2n) is 15.5. The number of anilines is 3. The highest BCUT2D eigenvalue weighted by atomic mass is 19.1. The van der Waals surface area contributed by atoms with Crippen molar-refractivity contribution in [3.8, 4) is 0 Å². The molecule has 5 atom stereocenters. The number of likely N-dealkylation sites (tertiary alicyclic amines) is 1. The van der Waals surface area contributed by atoms with Crippen LogP contribution in [0.4, 0.5) is 30.6 Å². The Labute approximate surface area is 320 Å². The van der Waals surface area contributed by atoms with E-state index in [9.17, 15) is 10.2 Å². The highest BCUT2D eigenvalue weighted by Gasteiger charge is 2.42. The molecule has 6 rings (SSSR count). The number of aryl methyl sites for hydroxylation is 1. The molecule has 3 aromatic rings. The molecule has 1 aliphatic carbocycles. The summed E-state index contributed by atoms with van der Waals surface area (Å²) in [4.78, 5) is 16.9. The van der Waals surface area contributed by atoms with Crippen molar-refractivity contribution in [2.24, 2.45) is 5.92 Å². The quantitative estimate of drug-likeness (QED) is 0.103. The van der Waals surface area contributed by atoms with Crippen LogP contribution in [0.3, 0.4) is 0 Å². The number of alkyl carbamates (subject to hydrolysis) is 1. The fraction of sp³-hybridized carbons (Fsp3) is 0.500. The van der Waals surface area contributed by atoms with Gasteiger partial charge in [0.25, 0.3) is 0 Å². The molecule has 54 heavy (non-hydrogen) atoms. The van der Waals surface area contributed by atoms with Crippen molar-refractivity contribution in [2.75, 3.05) is 29.7 Å². The first kappa shape index (κ1) is 39.1. The molecular weight excluding hydrogens is 683 g/mol. The number of nitrogens with one attached hydrogen (secondary N) is 4. The molecule has 2 unspecified atom stereocenters. The first-order chi connectivity index (χ1) is 26.0. The topological polar surface area (TPSA) is 92.7 Å². The highest BCUT2D eigenvalue weighted by Crippen LogP contribution is 2.48. The van der Waals surface area contributed by atoms with Crippen molar-refractivity contribution >= 4 is 29.0 Å². The lowest BCUT2D eigenvalue weighted by Crippen LogP contribution is -2.55. The molecule has 290 valence electrons.